The quantitative estimate of drug-likeness (QED) is 0.469. The molecule has 0 saturated carbocycles. The molecular weight excluding hydrogens is 354 g/mol. The van der Waals surface area contributed by atoms with E-state index in [4.69, 9.17) is 18.9 Å². The average molecular weight is 371 g/mol. The topological polar surface area (TPSA) is 107 Å². The molecule has 2 N–H and O–H groups in total. The van der Waals surface area contributed by atoms with E-state index in [2.05, 4.69) is 15.8 Å². The van der Waals surface area contributed by atoms with E-state index < -0.39 is 11.8 Å². The second-order valence-electron chi connectivity index (χ2n) is 5.33. The average Bonchev–Trinajstić information content (AvgIpc) is 3.15. The molecular formula is C18H17N3O6. The van der Waals surface area contributed by atoms with Crippen LogP contribution in [0.15, 0.2) is 41.5 Å². The third-order valence-corrected chi connectivity index (χ3v) is 3.64. The fourth-order valence-electron chi connectivity index (χ4n) is 2.30. The fourth-order valence-corrected chi connectivity index (χ4v) is 2.30. The molecule has 0 fully saturated rings. The van der Waals surface area contributed by atoms with Crippen LogP contribution in [0, 0.1) is 0 Å². The van der Waals surface area contributed by atoms with Gasteiger partial charge in [-0.05, 0) is 35.9 Å². The van der Waals surface area contributed by atoms with Crippen LogP contribution in [0.2, 0.25) is 0 Å². The number of ether oxygens (including phenoxy) is 4. The summed E-state index contributed by atoms with van der Waals surface area (Å²) in [5.74, 6) is 0.297. The predicted octanol–water partition coefficient (Wildman–Crippen LogP) is 1.52. The summed E-state index contributed by atoms with van der Waals surface area (Å²) in [5, 5.41) is 6.22. The van der Waals surface area contributed by atoms with E-state index in [0.717, 1.165) is 0 Å². The molecule has 9 heteroatoms. The normalized spacial score (nSPS) is 11.9. The molecule has 0 aromatic heterocycles. The first-order valence-corrected chi connectivity index (χ1v) is 7.87. The van der Waals surface area contributed by atoms with Crippen LogP contribution in [-0.2, 0) is 9.59 Å². The Morgan fingerprint density at radius 3 is 2.63 bits per heavy atom. The predicted molar refractivity (Wildman–Crippen MR) is 96.5 cm³/mol. The molecule has 27 heavy (non-hydrogen) atoms. The minimum absolute atomic E-state index is 0.167. The first-order chi connectivity index (χ1) is 13.1. The second-order valence-corrected chi connectivity index (χ2v) is 5.33. The molecule has 9 nitrogen and oxygen atoms in total. The number of fused-ring (bicyclic) bond motifs is 1. The fraction of sp³-hybridized carbons (Fsp3) is 0.167. The number of benzene rings is 2. The van der Waals surface area contributed by atoms with Crippen molar-refractivity contribution in [1.29, 1.82) is 0 Å². The smallest absolute Gasteiger partial charge is 0.329 e. The van der Waals surface area contributed by atoms with E-state index in [1.54, 1.807) is 36.4 Å². The number of hydrogen-bond donors (Lipinski definition) is 2. The number of hydrazone groups is 1. The molecule has 1 aliphatic heterocycles. The van der Waals surface area contributed by atoms with E-state index in [1.807, 2.05) is 0 Å². The van der Waals surface area contributed by atoms with E-state index >= 15 is 0 Å². The van der Waals surface area contributed by atoms with Crippen molar-refractivity contribution in [2.45, 2.75) is 0 Å². The summed E-state index contributed by atoms with van der Waals surface area (Å²) >= 11 is 0. The number of methoxy groups -OCH3 is 2. The monoisotopic (exact) mass is 371 g/mol. The van der Waals surface area contributed by atoms with Crippen molar-refractivity contribution in [2.75, 3.05) is 26.3 Å². The van der Waals surface area contributed by atoms with E-state index in [9.17, 15) is 9.59 Å². The molecule has 2 aromatic carbocycles. The Balaban J connectivity index is 1.60. The van der Waals surface area contributed by atoms with Gasteiger partial charge in [-0.15, -0.1) is 0 Å². The molecule has 2 amide bonds. The Labute approximate surface area is 154 Å². The van der Waals surface area contributed by atoms with Crippen LogP contribution in [0.4, 0.5) is 5.69 Å². The Morgan fingerprint density at radius 2 is 1.85 bits per heavy atom. The minimum atomic E-state index is -0.933. The summed E-state index contributed by atoms with van der Waals surface area (Å²) in [5.41, 5.74) is 3.14. The van der Waals surface area contributed by atoms with Crippen LogP contribution in [0.1, 0.15) is 5.56 Å². The Morgan fingerprint density at radius 1 is 1.04 bits per heavy atom. The van der Waals surface area contributed by atoms with Crippen molar-refractivity contribution in [3.63, 3.8) is 0 Å². The molecule has 0 unspecified atom stereocenters. The zero-order valence-electron chi connectivity index (χ0n) is 14.6. The summed E-state index contributed by atoms with van der Waals surface area (Å²) in [6, 6.07) is 10.0. The lowest BCUT2D eigenvalue weighted by Gasteiger charge is -2.11. The summed E-state index contributed by atoms with van der Waals surface area (Å²) in [6.45, 7) is 0.167. The Kier molecular flexibility index (Phi) is 5.41. The summed E-state index contributed by atoms with van der Waals surface area (Å²) in [4.78, 5) is 24.0. The van der Waals surface area contributed by atoms with Crippen molar-refractivity contribution in [3.05, 3.63) is 42.0 Å². The maximum absolute atomic E-state index is 12.0. The Hall–Kier alpha value is -3.75. The molecule has 0 aliphatic carbocycles. The van der Waals surface area contributed by atoms with Gasteiger partial charge in [0.2, 0.25) is 6.79 Å². The van der Waals surface area contributed by atoms with Crippen molar-refractivity contribution < 1.29 is 28.5 Å². The van der Waals surface area contributed by atoms with Gasteiger partial charge < -0.3 is 24.3 Å². The number of amides is 2. The molecule has 1 heterocycles. The van der Waals surface area contributed by atoms with E-state index in [1.165, 1.54) is 20.4 Å². The van der Waals surface area contributed by atoms with Crippen molar-refractivity contribution in [3.8, 4) is 23.0 Å². The highest BCUT2D eigenvalue weighted by Gasteiger charge is 2.16. The highest BCUT2D eigenvalue weighted by molar-refractivity contribution is 6.39. The largest absolute Gasteiger partial charge is 0.497 e. The SMILES string of the molecule is COc1ccc(OC)c(NC(=O)C(=O)N/N=C/c2ccc3c(c2)OCO3)c1. The molecule has 2 aromatic rings. The summed E-state index contributed by atoms with van der Waals surface area (Å²) in [7, 11) is 2.94. The van der Waals surface area contributed by atoms with Crippen LogP contribution < -0.4 is 29.7 Å². The third kappa shape index (κ3) is 4.27. The van der Waals surface area contributed by atoms with Gasteiger partial charge in [0.1, 0.15) is 11.5 Å². The van der Waals surface area contributed by atoms with Gasteiger partial charge in [-0.25, -0.2) is 5.43 Å². The second kappa shape index (κ2) is 8.09. The number of nitrogens with zero attached hydrogens (tertiary/aromatic N) is 1. The highest BCUT2D eigenvalue weighted by atomic mass is 16.7. The first-order valence-electron chi connectivity index (χ1n) is 7.87. The van der Waals surface area contributed by atoms with Gasteiger partial charge in [0.15, 0.2) is 11.5 Å². The Bertz CT molecular complexity index is 897. The number of nitrogens with one attached hydrogen (secondary N) is 2. The van der Waals surface area contributed by atoms with Crippen LogP contribution in [0.3, 0.4) is 0 Å². The first kappa shape index (κ1) is 18.1. The standard InChI is InChI=1S/C18H17N3O6/c1-24-12-4-6-14(25-2)13(8-12)20-17(22)18(23)21-19-9-11-3-5-15-16(7-11)27-10-26-15/h3-9H,10H2,1-2H3,(H,20,22)(H,21,23)/b19-9+. The zero-order valence-corrected chi connectivity index (χ0v) is 14.6. The number of rotatable bonds is 5. The molecule has 0 atom stereocenters. The summed E-state index contributed by atoms with van der Waals surface area (Å²) < 4.78 is 20.7. The minimum Gasteiger partial charge on any atom is -0.497 e. The molecule has 140 valence electrons. The number of anilines is 1. The van der Waals surface area contributed by atoms with Gasteiger partial charge >= 0.3 is 11.8 Å². The highest BCUT2D eigenvalue weighted by Crippen LogP contribution is 2.32. The van der Waals surface area contributed by atoms with Gasteiger partial charge in [-0.3, -0.25) is 9.59 Å². The van der Waals surface area contributed by atoms with Gasteiger partial charge in [0.05, 0.1) is 26.1 Å². The van der Waals surface area contributed by atoms with E-state index in [0.29, 0.717) is 34.2 Å². The molecule has 0 bridgehead atoms. The van der Waals surface area contributed by atoms with Crippen LogP contribution in [-0.4, -0.2) is 39.0 Å². The molecule has 0 radical (unpaired) electrons. The lowest BCUT2D eigenvalue weighted by atomic mass is 10.2. The van der Waals surface area contributed by atoms with E-state index in [-0.39, 0.29) is 6.79 Å². The van der Waals surface area contributed by atoms with Crippen LogP contribution in [0.25, 0.3) is 0 Å². The van der Waals surface area contributed by atoms with Gasteiger partial charge in [-0.1, -0.05) is 0 Å². The van der Waals surface area contributed by atoms with Crippen molar-refractivity contribution in [1.82, 2.24) is 5.43 Å². The maximum Gasteiger partial charge on any atom is 0.329 e. The van der Waals surface area contributed by atoms with Gasteiger partial charge in [0, 0.05) is 6.07 Å². The van der Waals surface area contributed by atoms with Crippen molar-refractivity contribution >= 4 is 23.7 Å². The third-order valence-electron chi connectivity index (χ3n) is 3.64. The lowest BCUT2D eigenvalue weighted by molar-refractivity contribution is -0.136. The zero-order chi connectivity index (χ0) is 19.2. The summed E-state index contributed by atoms with van der Waals surface area (Å²) in [6.07, 6.45) is 1.39. The van der Waals surface area contributed by atoms with Crippen LogP contribution in [0.5, 0.6) is 23.0 Å². The number of carbonyl (C=O) groups excluding carboxylic acids is 2. The number of hydrogen-bond acceptors (Lipinski definition) is 7. The molecule has 0 spiro atoms. The van der Waals surface area contributed by atoms with Gasteiger partial charge in [-0.2, -0.15) is 5.10 Å². The van der Waals surface area contributed by atoms with Crippen LogP contribution >= 0.6 is 0 Å². The van der Waals surface area contributed by atoms with Gasteiger partial charge in [0.25, 0.3) is 0 Å². The molecule has 1 aliphatic rings. The van der Waals surface area contributed by atoms with Crippen molar-refractivity contribution in [2.24, 2.45) is 5.10 Å². The lowest BCUT2D eigenvalue weighted by Crippen LogP contribution is -2.32. The number of carbonyl (C=O) groups is 2. The molecule has 0 saturated heterocycles. The maximum atomic E-state index is 12.0. The molecule has 3 rings (SSSR count).